The van der Waals surface area contributed by atoms with Gasteiger partial charge in [0.15, 0.2) is 32.4 Å². The molecule has 0 amide bonds. The van der Waals surface area contributed by atoms with Crippen LogP contribution in [-0.4, -0.2) is 98.9 Å². The highest BCUT2D eigenvalue weighted by molar-refractivity contribution is 9.10. The Morgan fingerprint density at radius 2 is 1.83 bits per heavy atom. The average molecular weight is 766 g/mol. The van der Waals surface area contributed by atoms with Gasteiger partial charge < -0.3 is 19.9 Å². The van der Waals surface area contributed by atoms with Gasteiger partial charge in [0.05, 0.1) is 26.1 Å². The zero-order chi connectivity index (χ0) is 34.8. The summed E-state index contributed by atoms with van der Waals surface area (Å²) in [5, 5.41) is 10.6. The van der Waals surface area contributed by atoms with Crippen molar-refractivity contribution in [3.8, 4) is 5.75 Å². The van der Waals surface area contributed by atoms with Crippen LogP contribution in [0.4, 0.5) is 26.2 Å². The number of piperazine rings is 1. The molecule has 1 aliphatic heterocycles. The number of likely N-dealkylation sites (N-methyl/N-ethyl adjacent to an activating group) is 1. The number of H-pyrrole nitrogens is 1. The normalized spacial score (nSPS) is 14.5. The summed E-state index contributed by atoms with van der Waals surface area (Å²) in [5.74, 6) is 0.379. The second-order valence-corrected chi connectivity index (χ2v) is 16.6. The second-order valence-electron chi connectivity index (χ2n) is 12.2. The fourth-order valence-electron chi connectivity index (χ4n) is 5.32. The minimum Gasteiger partial charge on any atom is -0.490 e. The summed E-state index contributed by atoms with van der Waals surface area (Å²) in [4.78, 5) is 16.0. The van der Waals surface area contributed by atoms with Crippen molar-refractivity contribution < 1.29 is 21.9 Å². The Morgan fingerprint density at radius 3 is 2.46 bits per heavy atom. The number of rotatable bonds is 12. The molecule has 48 heavy (non-hydrogen) atoms. The van der Waals surface area contributed by atoms with E-state index < -0.39 is 26.2 Å². The van der Waals surface area contributed by atoms with Crippen LogP contribution in [0.2, 0.25) is 0 Å². The fraction of sp³-hybridized carbons (Fsp3) is 0.406. The Balaban J connectivity index is 1.46. The standard InChI is InChI=1S/C32H39BrF2N8O3S2/c1-20-18-26(40-39-20)36-29-28(46-6)30(43-16-14-42(15-17-43)13-12-41(4)5)38-31(37-29)47-25-11-10-21(19-24(25)34)48(44,45)32(2,3)22-8-7-9-23(33)27(22)35/h7-11,18-19H,12-17H2,1-6H3,(H2,36,37,38,39,40). The van der Waals surface area contributed by atoms with Crippen molar-refractivity contribution in [2.75, 3.05) is 70.7 Å². The number of hydrogen-bond acceptors (Lipinski definition) is 11. The first kappa shape index (κ1) is 36.0. The lowest BCUT2D eigenvalue weighted by Crippen LogP contribution is -2.48. The molecule has 2 aromatic carbocycles. The summed E-state index contributed by atoms with van der Waals surface area (Å²) in [7, 11) is 1.43. The molecule has 2 N–H and O–H groups in total. The van der Waals surface area contributed by atoms with Crippen LogP contribution in [0.15, 0.2) is 61.9 Å². The minimum absolute atomic E-state index is 0.0273. The Kier molecular flexibility index (Phi) is 11.0. The number of aromatic nitrogens is 4. The monoisotopic (exact) mass is 764 g/mol. The van der Waals surface area contributed by atoms with E-state index in [-0.39, 0.29) is 25.0 Å². The lowest BCUT2D eigenvalue weighted by atomic mass is 10.0. The van der Waals surface area contributed by atoms with Gasteiger partial charge in [-0.15, -0.1) is 0 Å². The highest BCUT2D eigenvalue weighted by Crippen LogP contribution is 2.41. The number of methoxy groups -OCH3 is 1. The Labute approximate surface area is 292 Å². The summed E-state index contributed by atoms with van der Waals surface area (Å²) in [6.45, 7) is 9.64. The van der Waals surface area contributed by atoms with Crippen LogP contribution in [0.5, 0.6) is 5.75 Å². The van der Waals surface area contributed by atoms with E-state index in [1.165, 1.54) is 38.1 Å². The van der Waals surface area contributed by atoms with E-state index in [0.29, 0.717) is 36.3 Å². The number of sulfone groups is 1. The number of ether oxygens (including phenoxy) is 1. The fourth-order valence-corrected chi connectivity index (χ4v) is 7.98. The van der Waals surface area contributed by atoms with Gasteiger partial charge in [-0.1, -0.05) is 12.1 Å². The van der Waals surface area contributed by atoms with Crippen molar-refractivity contribution in [3.05, 3.63) is 69.8 Å². The molecule has 0 spiro atoms. The van der Waals surface area contributed by atoms with Gasteiger partial charge in [-0.05, 0) is 86.8 Å². The Morgan fingerprint density at radius 1 is 1.10 bits per heavy atom. The summed E-state index contributed by atoms with van der Waals surface area (Å²) >= 11 is 4.08. The minimum atomic E-state index is -4.22. The maximum absolute atomic E-state index is 15.7. The number of nitrogens with zero attached hydrogens (tertiary/aromatic N) is 6. The predicted octanol–water partition coefficient (Wildman–Crippen LogP) is 5.84. The molecule has 5 rings (SSSR count). The van der Waals surface area contributed by atoms with Gasteiger partial charge in [-0.3, -0.25) is 10.00 Å². The molecule has 16 heteroatoms. The van der Waals surface area contributed by atoms with E-state index in [2.05, 4.69) is 65.2 Å². The quantitative estimate of drug-likeness (QED) is 0.169. The largest absolute Gasteiger partial charge is 0.490 e. The topological polar surface area (TPSA) is 120 Å². The lowest BCUT2D eigenvalue weighted by Gasteiger charge is -2.36. The molecule has 0 radical (unpaired) electrons. The third-order valence-corrected chi connectivity index (χ3v) is 12.2. The van der Waals surface area contributed by atoms with Crippen LogP contribution in [-0.2, 0) is 14.6 Å². The maximum atomic E-state index is 15.7. The zero-order valence-electron chi connectivity index (χ0n) is 27.6. The van der Waals surface area contributed by atoms with Gasteiger partial charge in [-0.25, -0.2) is 27.2 Å². The van der Waals surface area contributed by atoms with E-state index in [0.717, 1.165) is 49.7 Å². The lowest BCUT2D eigenvalue weighted by molar-refractivity contribution is 0.228. The van der Waals surface area contributed by atoms with Crippen molar-refractivity contribution in [1.82, 2.24) is 30.0 Å². The summed E-state index contributed by atoms with van der Waals surface area (Å²) < 4.78 is 62.4. The van der Waals surface area contributed by atoms with E-state index >= 15 is 4.39 Å². The second kappa shape index (κ2) is 14.7. The van der Waals surface area contributed by atoms with Crippen LogP contribution >= 0.6 is 27.7 Å². The number of hydrogen-bond donors (Lipinski definition) is 2. The number of benzene rings is 2. The molecular formula is C32H39BrF2N8O3S2. The highest BCUT2D eigenvalue weighted by Gasteiger charge is 2.40. The van der Waals surface area contributed by atoms with Crippen molar-refractivity contribution in [2.45, 2.75) is 40.5 Å². The van der Waals surface area contributed by atoms with Crippen molar-refractivity contribution in [1.29, 1.82) is 0 Å². The van der Waals surface area contributed by atoms with Gasteiger partial charge in [0, 0.05) is 56.6 Å². The molecule has 1 aliphatic rings. The van der Waals surface area contributed by atoms with Crippen LogP contribution in [0.3, 0.4) is 0 Å². The zero-order valence-corrected chi connectivity index (χ0v) is 30.9. The average Bonchev–Trinajstić information content (AvgIpc) is 3.46. The van der Waals surface area contributed by atoms with Gasteiger partial charge >= 0.3 is 0 Å². The molecule has 11 nitrogen and oxygen atoms in total. The molecule has 0 bridgehead atoms. The Bertz CT molecular complexity index is 1880. The Hall–Kier alpha value is -3.31. The molecule has 258 valence electrons. The van der Waals surface area contributed by atoms with Gasteiger partial charge in [0.1, 0.15) is 11.6 Å². The van der Waals surface area contributed by atoms with Crippen LogP contribution in [0.25, 0.3) is 0 Å². The summed E-state index contributed by atoms with van der Waals surface area (Å²) in [6, 6.07) is 9.93. The molecule has 0 atom stereocenters. The van der Waals surface area contributed by atoms with Crippen molar-refractivity contribution in [2.24, 2.45) is 0 Å². The first-order valence-corrected chi connectivity index (χ1v) is 18.3. The number of halogens is 3. The molecule has 4 aromatic rings. The number of anilines is 3. The van der Waals surface area contributed by atoms with Crippen molar-refractivity contribution in [3.63, 3.8) is 0 Å². The van der Waals surface area contributed by atoms with E-state index in [1.807, 2.05) is 13.0 Å². The predicted molar refractivity (Wildman–Crippen MR) is 187 cm³/mol. The SMILES string of the molecule is COc1c(Nc2cc(C)[nH]n2)nc(Sc2ccc(S(=O)(=O)C(C)(C)c3cccc(Br)c3F)cc2F)nc1N1CCN(CCN(C)C)CC1. The number of aryl methyl sites for hydroxylation is 1. The number of nitrogens with one attached hydrogen (secondary N) is 2. The van der Waals surface area contributed by atoms with Crippen LogP contribution in [0.1, 0.15) is 25.1 Å². The molecule has 0 saturated carbocycles. The van der Waals surface area contributed by atoms with E-state index in [4.69, 9.17) is 9.72 Å². The van der Waals surface area contributed by atoms with E-state index in [1.54, 1.807) is 13.2 Å². The van der Waals surface area contributed by atoms with E-state index in [9.17, 15) is 12.8 Å². The maximum Gasteiger partial charge on any atom is 0.204 e. The molecule has 3 heterocycles. The summed E-state index contributed by atoms with van der Waals surface area (Å²) in [5.41, 5.74) is 0.817. The first-order valence-electron chi connectivity index (χ1n) is 15.2. The molecule has 0 unspecified atom stereocenters. The molecule has 0 aliphatic carbocycles. The first-order chi connectivity index (χ1) is 22.7. The number of aromatic amines is 1. The van der Waals surface area contributed by atoms with Crippen molar-refractivity contribution >= 4 is 55.0 Å². The highest BCUT2D eigenvalue weighted by atomic mass is 79.9. The van der Waals surface area contributed by atoms with Gasteiger partial charge in [0.25, 0.3) is 0 Å². The molecule has 1 fully saturated rings. The van der Waals surface area contributed by atoms with Gasteiger partial charge in [-0.2, -0.15) is 5.10 Å². The van der Waals surface area contributed by atoms with Crippen LogP contribution < -0.4 is 15.0 Å². The molecule has 1 saturated heterocycles. The smallest absolute Gasteiger partial charge is 0.204 e. The molecular weight excluding hydrogens is 726 g/mol. The summed E-state index contributed by atoms with van der Waals surface area (Å²) in [6.07, 6.45) is 0. The third kappa shape index (κ3) is 7.62. The van der Waals surface area contributed by atoms with Crippen LogP contribution in [0, 0.1) is 18.6 Å². The molecule has 2 aromatic heterocycles. The van der Waals surface area contributed by atoms with Gasteiger partial charge in [0.2, 0.25) is 5.75 Å². The third-order valence-electron chi connectivity index (χ3n) is 8.21.